The van der Waals surface area contributed by atoms with Crippen LogP contribution in [0.1, 0.15) is 36.5 Å². The molecule has 0 radical (unpaired) electrons. The standard InChI is InChI=1S/C13H16F2N2O/c1-8-4-2-3-5-17(8)13(18)9-6-10(14)12(16)11(15)7-9/h6-8H,2-5,16H2,1H3. The molecule has 1 aliphatic rings. The van der Waals surface area contributed by atoms with E-state index in [-0.39, 0.29) is 17.5 Å². The number of nitrogens with zero attached hydrogens (tertiary/aromatic N) is 1. The molecular formula is C13H16F2N2O. The summed E-state index contributed by atoms with van der Waals surface area (Å²) in [6, 6.07) is 2.11. The highest BCUT2D eigenvalue weighted by Crippen LogP contribution is 2.22. The Bertz CT molecular complexity index is 453. The molecule has 1 saturated heterocycles. The molecule has 1 fully saturated rings. The Kier molecular flexibility index (Phi) is 3.50. The fourth-order valence-electron chi connectivity index (χ4n) is 2.27. The number of likely N-dealkylation sites (tertiary alicyclic amines) is 1. The van der Waals surface area contributed by atoms with Crippen LogP contribution < -0.4 is 5.73 Å². The van der Waals surface area contributed by atoms with E-state index in [1.165, 1.54) is 0 Å². The number of halogens is 2. The minimum absolute atomic E-state index is 0.0213. The Morgan fingerprint density at radius 2 is 1.94 bits per heavy atom. The van der Waals surface area contributed by atoms with Gasteiger partial charge in [-0.05, 0) is 38.3 Å². The lowest BCUT2D eigenvalue weighted by Gasteiger charge is -2.33. The number of nitrogens with two attached hydrogens (primary N) is 1. The molecular weight excluding hydrogens is 238 g/mol. The van der Waals surface area contributed by atoms with Gasteiger partial charge in [-0.2, -0.15) is 0 Å². The van der Waals surface area contributed by atoms with Gasteiger partial charge in [-0.15, -0.1) is 0 Å². The monoisotopic (exact) mass is 254 g/mol. The fourth-order valence-corrected chi connectivity index (χ4v) is 2.27. The highest BCUT2D eigenvalue weighted by atomic mass is 19.1. The van der Waals surface area contributed by atoms with Crippen molar-refractivity contribution in [2.24, 2.45) is 0 Å². The normalized spacial score (nSPS) is 19.9. The molecule has 1 atom stereocenters. The van der Waals surface area contributed by atoms with Gasteiger partial charge in [0.15, 0.2) is 0 Å². The second-order valence-corrected chi connectivity index (χ2v) is 4.70. The molecule has 1 heterocycles. The van der Waals surface area contributed by atoms with Crippen molar-refractivity contribution in [3.8, 4) is 0 Å². The van der Waals surface area contributed by atoms with Crippen LogP contribution in [0.5, 0.6) is 0 Å². The molecule has 18 heavy (non-hydrogen) atoms. The summed E-state index contributed by atoms with van der Waals surface area (Å²) in [7, 11) is 0. The molecule has 1 amide bonds. The van der Waals surface area contributed by atoms with E-state index >= 15 is 0 Å². The molecule has 0 aromatic heterocycles. The van der Waals surface area contributed by atoms with Crippen LogP contribution in [0.3, 0.4) is 0 Å². The van der Waals surface area contributed by atoms with Crippen molar-refractivity contribution in [3.63, 3.8) is 0 Å². The van der Waals surface area contributed by atoms with E-state index in [9.17, 15) is 13.6 Å². The molecule has 1 unspecified atom stereocenters. The highest BCUT2D eigenvalue weighted by Gasteiger charge is 2.25. The van der Waals surface area contributed by atoms with Crippen molar-refractivity contribution in [3.05, 3.63) is 29.3 Å². The van der Waals surface area contributed by atoms with Crippen LogP contribution >= 0.6 is 0 Å². The van der Waals surface area contributed by atoms with E-state index in [4.69, 9.17) is 5.73 Å². The first kappa shape index (κ1) is 12.8. The summed E-state index contributed by atoms with van der Waals surface area (Å²) < 4.78 is 26.7. The third kappa shape index (κ3) is 2.30. The molecule has 0 bridgehead atoms. The molecule has 2 rings (SSSR count). The van der Waals surface area contributed by atoms with Gasteiger partial charge in [0.05, 0.1) is 0 Å². The van der Waals surface area contributed by atoms with Crippen LogP contribution in [0, 0.1) is 11.6 Å². The molecule has 2 N–H and O–H groups in total. The third-order valence-electron chi connectivity index (χ3n) is 3.39. The molecule has 98 valence electrons. The lowest BCUT2D eigenvalue weighted by atomic mass is 10.0. The van der Waals surface area contributed by atoms with Gasteiger partial charge in [0.2, 0.25) is 0 Å². The quantitative estimate of drug-likeness (QED) is 0.783. The lowest BCUT2D eigenvalue weighted by molar-refractivity contribution is 0.0634. The fraction of sp³-hybridized carbons (Fsp3) is 0.462. The molecule has 1 aromatic rings. The highest BCUT2D eigenvalue weighted by molar-refractivity contribution is 5.94. The zero-order valence-corrected chi connectivity index (χ0v) is 10.2. The van der Waals surface area contributed by atoms with Crippen LogP contribution in [0.2, 0.25) is 0 Å². The molecule has 1 aliphatic heterocycles. The zero-order valence-electron chi connectivity index (χ0n) is 10.2. The Hall–Kier alpha value is -1.65. The van der Waals surface area contributed by atoms with Crippen molar-refractivity contribution in [1.29, 1.82) is 0 Å². The van der Waals surface area contributed by atoms with Gasteiger partial charge in [-0.1, -0.05) is 0 Å². The van der Waals surface area contributed by atoms with E-state index < -0.39 is 17.3 Å². The SMILES string of the molecule is CC1CCCCN1C(=O)c1cc(F)c(N)c(F)c1. The van der Waals surface area contributed by atoms with Crippen molar-refractivity contribution in [1.82, 2.24) is 4.90 Å². The second-order valence-electron chi connectivity index (χ2n) is 4.70. The number of hydrogen-bond acceptors (Lipinski definition) is 2. The number of anilines is 1. The molecule has 0 spiro atoms. The smallest absolute Gasteiger partial charge is 0.254 e. The number of amides is 1. The van der Waals surface area contributed by atoms with Gasteiger partial charge >= 0.3 is 0 Å². The maximum absolute atomic E-state index is 13.3. The number of hydrogen-bond donors (Lipinski definition) is 1. The minimum Gasteiger partial charge on any atom is -0.394 e. The Morgan fingerprint density at radius 3 is 2.50 bits per heavy atom. The first-order valence-corrected chi connectivity index (χ1v) is 6.06. The number of carbonyl (C=O) groups is 1. The van der Waals surface area contributed by atoms with Crippen LogP contribution in [0.4, 0.5) is 14.5 Å². The molecule has 3 nitrogen and oxygen atoms in total. The van der Waals surface area contributed by atoms with Gasteiger partial charge in [0.25, 0.3) is 5.91 Å². The number of carbonyl (C=O) groups excluding carboxylic acids is 1. The predicted octanol–water partition coefficient (Wildman–Crippen LogP) is 2.56. The Morgan fingerprint density at radius 1 is 1.33 bits per heavy atom. The van der Waals surface area contributed by atoms with E-state index in [1.54, 1.807) is 4.90 Å². The summed E-state index contributed by atoms with van der Waals surface area (Å²) in [6.07, 6.45) is 2.93. The van der Waals surface area contributed by atoms with E-state index in [1.807, 2.05) is 6.92 Å². The second kappa shape index (κ2) is 4.92. The van der Waals surface area contributed by atoms with Gasteiger partial charge in [-0.25, -0.2) is 8.78 Å². The number of piperidine rings is 1. The summed E-state index contributed by atoms with van der Waals surface area (Å²) in [5.41, 5.74) is 4.66. The van der Waals surface area contributed by atoms with E-state index in [2.05, 4.69) is 0 Å². The zero-order chi connectivity index (χ0) is 13.3. The van der Waals surface area contributed by atoms with Crippen LogP contribution in [0.15, 0.2) is 12.1 Å². The molecule has 5 heteroatoms. The van der Waals surface area contributed by atoms with E-state index in [0.29, 0.717) is 6.54 Å². The van der Waals surface area contributed by atoms with Gasteiger partial charge in [-0.3, -0.25) is 4.79 Å². The summed E-state index contributed by atoms with van der Waals surface area (Å²) in [6.45, 7) is 2.58. The average Bonchev–Trinajstić information content (AvgIpc) is 2.35. The van der Waals surface area contributed by atoms with Gasteiger partial charge in [0, 0.05) is 18.2 Å². The van der Waals surface area contributed by atoms with Crippen LogP contribution in [-0.4, -0.2) is 23.4 Å². The minimum atomic E-state index is -0.886. The maximum Gasteiger partial charge on any atom is 0.254 e. The van der Waals surface area contributed by atoms with Gasteiger partial charge in [0.1, 0.15) is 17.3 Å². The Labute approximate surface area is 105 Å². The number of nitrogen functional groups attached to an aromatic ring is 1. The first-order chi connectivity index (χ1) is 8.50. The predicted molar refractivity (Wildman–Crippen MR) is 65.1 cm³/mol. The van der Waals surface area contributed by atoms with E-state index in [0.717, 1.165) is 31.4 Å². The van der Waals surface area contributed by atoms with Crippen molar-refractivity contribution < 1.29 is 13.6 Å². The lowest BCUT2D eigenvalue weighted by Crippen LogP contribution is -2.42. The average molecular weight is 254 g/mol. The topological polar surface area (TPSA) is 46.3 Å². The summed E-state index contributed by atoms with van der Waals surface area (Å²) in [4.78, 5) is 13.8. The summed E-state index contributed by atoms with van der Waals surface area (Å²) in [5.74, 6) is -2.11. The summed E-state index contributed by atoms with van der Waals surface area (Å²) in [5, 5.41) is 0. The molecule has 1 aromatic carbocycles. The van der Waals surface area contributed by atoms with Crippen LogP contribution in [-0.2, 0) is 0 Å². The van der Waals surface area contributed by atoms with Crippen molar-refractivity contribution in [2.45, 2.75) is 32.2 Å². The number of benzene rings is 1. The van der Waals surface area contributed by atoms with Crippen molar-refractivity contribution in [2.75, 3.05) is 12.3 Å². The third-order valence-corrected chi connectivity index (χ3v) is 3.39. The Balaban J connectivity index is 2.28. The number of rotatable bonds is 1. The summed E-state index contributed by atoms with van der Waals surface area (Å²) >= 11 is 0. The largest absolute Gasteiger partial charge is 0.394 e. The van der Waals surface area contributed by atoms with Crippen LogP contribution in [0.25, 0.3) is 0 Å². The molecule has 0 aliphatic carbocycles. The van der Waals surface area contributed by atoms with Gasteiger partial charge < -0.3 is 10.6 Å². The molecule has 0 saturated carbocycles. The van der Waals surface area contributed by atoms with Crippen molar-refractivity contribution >= 4 is 11.6 Å². The first-order valence-electron chi connectivity index (χ1n) is 6.06. The maximum atomic E-state index is 13.3.